The average Bonchev–Trinajstić information content (AvgIpc) is 2.45. The number of hydrogen-bond donors (Lipinski definition) is 2. The van der Waals surface area contributed by atoms with Crippen LogP contribution in [0.25, 0.3) is 0 Å². The van der Waals surface area contributed by atoms with Crippen molar-refractivity contribution in [3.8, 4) is 0 Å². The molecule has 1 aromatic carbocycles. The molecule has 1 aromatic heterocycles. The van der Waals surface area contributed by atoms with Crippen molar-refractivity contribution in [1.29, 1.82) is 0 Å². The summed E-state index contributed by atoms with van der Waals surface area (Å²) in [6, 6.07) is 1.21. The predicted molar refractivity (Wildman–Crippen MR) is 78.1 cm³/mol. The predicted octanol–water partition coefficient (Wildman–Crippen LogP) is 4.22. The number of nitrogens with one attached hydrogen (secondary N) is 2. The second-order valence-corrected chi connectivity index (χ2v) is 5.04. The van der Waals surface area contributed by atoms with Gasteiger partial charge in [-0.15, -0.1) is 0 Å². The molecule has 0 aliphatic carbocycles. The van der Waals surface area contributed by atoms with Gasteiger partial charge in [0.15, 0.2) is 11.6 Å². The van der Waals surface area contributed by atoms with Gasteiger partial charge in [-0.2, -0.15) is 4.98 Å². The molecule has 8 heteroatoms. The molecule has 0 saturated heterocycles. The monoisotopic (exact) mass is 360 g/mol. The molecule has 2 rings (SSSR count). The van der Waals surface area contributed by atoms with Gasteiger partial charge in [-0.3, -0.25) is 0 Å². The zero-order chi connectivity index (χ0) is 15.4. The smallest absolute Gasteiger partial charge is 0.224 e. The third kappa shape index (κ3) is 3.84. The van der Waals surface area contributed by atoms with Gasteiger partial charge in [-0.25, -0.2) is 18.2 Å². The number of aromatic nitrogens is 2. The third-order valence-corrected chi connectivity index (χ3v) is 3.12. The molecule has 0 spiro atoms. The van der Waals surface area contributed by atoms with Gasteiger partial charge in [0.2, 0.25) is 5.95 Å². The van der Waals surface area contributed by atoms with E-state index >= 15 is 0 Å². The molecule has 21 heavy (non-hydrogen) atoms. The minimum absolute atomic E-state index is 0.213. The number of anilines is 3. The van der Waals surface area contributed by atoms with Gasteiger partial charge in [0.1, 0.15) is 11.6 Å². The largest absolute Gasteiger partial charge is 0.354 e. The molecule has 0 amide bonds. The molecular weight excluding hydrogens is 349 g/mol. The van der Waals surface area contributed by atoms with Crippen molar-refractivity contribution in [2.75, 3.05) is 17.2 Å². The van der Waals surface area contributed by atoms with Crippen molar-refractivity contribution in [3.05, 3.63) is 40.3 Å². The van der Waals surface area contributed by atoms with Crippen LogP contribution in [0.4, 0.5) is 30.6 Å². The SMILES string of the molecule is CCCNc1ncc(Br)c(Nc2cc(F)c(F)cc2F)n1. The topological polar surface area (TPSA) is 49.8 Å². The summed E-state index contributed by atoms with van der Waals surface area (Å²) in [5.41, 5.74) is -0.213. The van der Waals surface area contributed by atoms with Gasteiger partial charge in [-0.05, 0) is 22.4 Å². The summed E-state index contributed by atoms with van der Waals surface area (Å²) < 4.78 is 40.1. The van der Waals surface area contributed by atoms with Crippen molar-refractivity contribution in [2.45, 2.75) is 13.3 Å². The Morgan fingerprint density at radius 1 is 1.14 bits per heavy atom. The first-order chi connectivity index (χ1) is 10.0. The second kappa shape index (κ2) is 6.75. The summed E-state index contributed by atoms with van der Waals surface area (Å²) in [6.45, 7) is 2.67. The molecule has 0 fully saturated rings. The van der Waals surface area contributed by atoms with Crippen molar-refractivity contribution < 1.29 is 13.2 Å². The Morgan fingerprint density at radius 3 is 2.57 bits per heavy atom. The minimum atomic E-state index is -1.25. The molecule has 0 aliphatic heterocycles. The normalized spacial score (nSPS) is 10.5. The Morgan fingerprint density at radius 2 is 1.86 bits per heavy atom. The summed E-state index contributed by atoms with van der Waals surface area (Å²) in [6.07, 6.45) is 2.37. The van der Waals surface area contributed by atoms with Crippen LogP contribution in [-0.2, 0) is 0 Å². The van der Waals surface area contributed by atoms with Gasteiger partial charge >= 0.3 is 0 Å². The van der Waals surface area contributed by atoms with Crippen LogP contribution in [0.15, 0.2) is 22.8 Å². The number of hydrogen-bond acceptors (Lipinski definition) is 4. The van der Waals surface area contributed by atoms with E-state index in [0.29, 0.717) is 23.0 Å². The summed E-state index contributed by atoms with van der Waals surface area (Å²) in [5, 5.41) is 5.58. The van der Waals surface area contributed by atoms with Crippen LogP contribution in [0.5, 0.6) is 0 Å². The van der Waals surface area contributed by atoms with Gasteiger partial charge in [0.05, 0.1) is 10.2 Å². The first kappa shape index (κ1) is 15.6. The molecule has 112 valence electrons. The van der Waals surface area contributed by atoms with E-state index in [0.717, 1.165) is 12.5 Å². The van der Waals surface area contributed by atoms with Crippen LogP contribution in [0.3, 0.4) is 0 Å². The maximum absolute atomic E-state index is 13.6. The first-order valence-corrected chi connectivity index (χ1v) is 6.98. The summed E-state index contributed by atoms with van der Waals surface area (Å²) in [4.78, 5) is 8.17. The van der Waals surface area contributed by atoms with E-state index in [9.17, 15) is 13.2 Å². The maximum atomic E-state index is 13.6. The molecule has 2 N–H and O–H groups in total. The highest BCUT2D eigenvalue weighted by molar-refractivity contribution is 9.10. The van der Waals surface area contributed by atoms with Gasteiger partial charge < -0.3 is 10.6 Å². The second-order valence-electron chi connectivity index (χ2n) is 4.19. The van der Waals surface area contributed by atoms with E-state index in [1.807, 2.05) is 6.92 Å². The lowest BCUT2D eigenvalue weighted by molar-refractivity contribution is 0.496. The van der Waals surface area contributed by atoms with E-state index in [2.05, 4.69) is 36.5 Å². The zero-order valence-electron chi connectivity index (χ0n) is 11.1. The fourth-order valence-electron chi connectivity index (χ4n) is 1.52. The van der Waals surface area contributed by atoms with E-state index in [-0.39, 0.29) is 11.5 Å². The van der Waals surface area contributed by atoms with Crippen LogP contribution >= 0.6 is 15.9 Å². The summed E-state index contributed by atoms with van der Waals surface area (Å²) in [5.74, 6) is -2.71. The van der Waals surface area contributed by atoms with Gasteiger partial charge in [0.25, 0.3) is 0 Å². The van der Waals surface area contributed by atoms with E-state index < -0.39 is 17.5 Å². The van der Waals surface area contributed by atoms with E-state index in [1.54, 1.807) is 0 Å². The van der Waals surface area contributed by atoms with Crippen molar-refractivity contribution in [2.24, 2.45) is 0 Å². The number of benzene rings is 1. The lowest BCUT2D eigenvalue weighted by atomic mass is 10.3. The number of nitrogens with zero attached hydrogens (tertiary/aromatic N) is 2. The highest BCUT2D eigenvalue weighted by Crippen LogP contribution is 2.27. The lowest BCUT2D eigenvalue weighted by Gasteiger charge is -2.11. The quantitative estimate of drug-likeness (QED) is 0.783. The molecule has 0 radical (unpaired) electrons. The molecular formula is C13H12BrF3N4. The van der Waals surface area contributed by atoms with Crippen LogP contribution < -0.4 is 10.6 Å². The van der Waals surface area contributed by atoms with E-state index in [4.69, 9.17) is 0 Å². The van der Waals surface area contributed by atoms with E-state index in [1.165, 1.54) is 6.20 Å². The van der Waals surface area contributed by atoms with Crippen LogP contribution in [0.1, 0.15) is 13.3 Å². The molecule has 4 nitrogen and oxygen atoms in total. The number of halogens is 4. The van der Waals surface area contributed by atoms with Gasteiger partial charge in [0, 0.05) is 24.9 Å². The maximum Gasteiger partial charge on any atom is 0.224 e. The van der Waals surface area contributed by atoms with Crippen molar-refractivity contribution in [1.82, 2.24) is 9.97 Å². The molecule has 0 aliphatic rings. The summed E-state index contributed by atoms with van der Waals surface area (Å²) >= 11 is 3.21. The Bertz CT molecular complexity index is 652. The zero-order valence-corrected chi connectivity index (χ0v) is 12.6. The van der Waals surface area contributed by atoms with Crippen LogP contribution in [0, 0.1) is 17.5 Å². The fourth-order valence-corrected chi connectivity index (χ4v) is 1.81. The molecule has 0 saturated carbocycles. The molecule has 2 aromatic rings. The highest BCUT2D eigenvalue weighted by Gasteiger charge is 2.12. The van der Waals surface area contributed by atoms with Crippen molar-refractivity contribution >= 4 is 33.4 Å². The van der Waals surface area contributed by atoms with Crippen LogP contribution in [0.2, 0.25) is 0 Å². The Balaban J connectivity index is 2.28. The van der Waals surface area contributed by atoms with Crippen LogP contribution in [-0.4, -0.2) is 16.5 Å². The molecule has 0 unspecified atom stereocenters. The summed E-state index contributed by atoms with van der Waals surface area (Å²) in [7, 11) is 0. The molecule has 0 atom stereocenters. The number of rotatable bonds is 5. The Kier molecular flexibility index (Phi) is 5.00. The van der Waals surface area contributed by atoms with Crippen molar-refractivity contribution in [3.63, 3.8) is 0 Å². The highest BCUT2D eigenvalue weighted by atomic mass is 79.9. The lowest BCUT2D eigenvalue weighted by Crippen LogP contribution is -2.07. The standard InChI is InChI=1S/C13H12BrF3N4/c1-2-3-18-13-19-6-7(14)12(21-13)20-11-5-9(16)8(15)4-10(11)17/h4-6H,2-3H2,1H3,(H2,18,19,20,21). The Labute approximate surface area is 127 Å². The Hall–Kier alpha value is -1.83. The van der Waals surface area contributed by atoms with Gasteiger partial charge in [-0.1, -0.05) is 6.92 Å². The fraction of sp³-hybridized carbons (Fsp3) is 0.231. The minimum Gasteiger partial charge on any atom is -0.354 e. The average molecular weight is 361 g/mol. The first-order valence-electron chi connectivity index (χ1n) is 6.19. The molecule has 0 bridgehead atoms. The molecule has 1 heterocycles. The third-order valence-electron chi connectivity index (χ3n) is 2.54.